The lowest BCUT2D eigenvalue weighted by Crippen LogP contribution is -2.38. The number of hydrogen-bond acceptors (Lipinski definition) is 5. The number of aromatic nitrogens is 2. The van der Waals surface area contributed by atoms with Crippen molar-refractivity contribution in [1.29, 1.82) is 0 Å². The Morgan fingerprint density at radius 2 is 2.00 bits per heavy atom. The van der Waals surface area contributed by atoms with Gasteiger partial charge >= 0.3 is 0 Å². The first-order chi connectivity index (χ1) is 12.0. The van der Waals surface area contributed by atoms with Gasteiger partial charge in [0.15, 0.2) is 0 Å². The fourth-order valence-corrected chi connectivity index (χ4v) is 3.21. The van der Waals surface area contributed by atoms with Gasteiger partial charge in [0.25, 0.3) is 5.91 Å². The van der Waals surface area contributed by atoms with Crippen LogP contribution in [0.5, 0.6) is 0 Å². The van der Waals surface area contributed by atoms with E-state index in [-0.39, 0.29) is 11.9 Å². The van der Waals surface area contributed by atoms with Gasteiger partial charge in [-0.2, -0.15) is 4.98 Å². The zero-order valence-corrected chi connectivity index (χ0v) is 15.4. The van der Waals surface area contributed by atoms with Gasteiger partial charge in [0.1, 0.15) is 0 Å². The summed E-state index contributed by atoms with van der Waals surface area (Å²) < 4.78 is 5.35. The van der Waals surface area contributed by atoms with E-state index in [1.807, 2.05) is 67.4 Å². The van der Waals surface area contributed by atoms with Crippen LogP contribution in [0.15, 0.2) is 46.3 Å². The van der Waals surface area contributed by atoms with E-state index in [4.69, 9.17) is 4.52 Å². The molecule has 5 nitrogen and oxygen atoms in total. The fourth-order valence-electron chi connectivity index (χ4n) is 2.53. The zero-order valence-electron chi connectivity index (χ0n) is 14.6. The van der Waals surface area contributed by atoms with Gasteiger partial charge in [-0.25, -0.2) is 0 Å². The molecule has 0 radical (unpaired) electrons. The monoisotopic (exact) mass is 355 g/mol. The lowest BCUT2D eigenvalue weighted by Gasteiger charge is -2.25. The van der Waals surface area contributed by atoms with Crippen LogP contribution in [0.2, 0.25) is 0 Å². The van der Waals surface area contributed by atoms with Crippen LogP contribution in [0.4, 0.5) is 0 Å². The molecule has 3 aromatic rings. The Labute approximate surface area is 151 Å². The van der Waals surface area contributed by atoms with E-state index in [0.717, 1.165) is 10.4 Å². The highest BCUT2D eigenvalue weighted by atomic mass is 32.1. The van der Waals surface area contributed by atoms with E-state index < -0.39 is 0 Å². The minimum atomic E-state index is 0.0447. The number of thiophene rings is 1. The maximum Gasteiger partial charge on any atom is 0.264 e. The Hall–Kier alpha value is -2.47. The van der Waals surface area contributed by atoms with E-state index >= 15 is 0 Å². The van der Waals surface area contributed by atoms with Crippen LogP contribution in [-0.2, 0) is 6.42 Å². The Balaban J connectivity index is 1.67. The van der Waals surface area contributed by atoms with Crippen LogP contribution >= 0.6 is 11.3 Å². The second kappa shape index (κ2) is 7.61. The first kappa shape index (κ1) is 17.4. The molecule has 0 bridgehead atoms. The predicted molar refractivity (Wildman–Crippen MR) is 98.7 cm³/mol. The first-order valence-electron chi connectivity index (χ1n) is 8.28. The maximum atomic E-state index is 12.6. The predicted octanol–water partition coefficient (Wildman–Crippen LogP) is 4.20. The summed E-state index contributed by atoms with van der Waals surface area (Å²) >= 11 is 1.46. The molecule has 0 spiro atoms. The van der Waals surface area contributed by atoms with Gasteiger partial charge in [-0.1, -0.05) is 41.1 Å². The van der Waals surface area contributed by atoms with Gasteiger partial charge < -0.3 is 9.42 Å². The van der Waals surface area contributed by atoms with Crippen LogP contribution in [0.3, 0.4) is 0 Å². The molecule has 1 amide bonds. The van der Waals surface area contributed by atoms with Crippen molar-refractivity contribution in [1.82, 2.24) is 15.0 Å². The molecule has 3 rings (SSSR count). The summed E-state index contributed by atoms with van der Waals surface area (Å²) in [7, 11) is 0. The summed E-state index contributed by atoms with van der Waals surface area (Å²) in [5.41, 5.74) is 2.11. The summed E-state index contributed by atoms with van der Waals surface area (Å²) in [5.74, 6) is 1.17. The van der Waals surface area contributed by atoms with Crippen molar-refractivity contribution in [3.8, 4) is 11.4 Å². The number of benzene rings is 1. The summed E-state index contributed by atoms with van der Waals surface area (Å²) in [6.07, 6.45) is 0.536. The van der Waals surface area contributed by atoms with Crippen LogP contribution in [0.1, 0.15) is 35.0 Å². The van der Waals surface area contributed by atoms with Crippen LogP contribution in [0.25, 0.3) is 11.4 Å². The van der Waals surface area contributed by atoms with Crippen LogP contribution in [-0.4, -0.2) is 33.5 Å². The lowest BCUT2D eigenvalue weighted by atomic mass is 10.1. The molecule has 1 aromatic carbocycles. The molecule has 0 saturated heterocycles. The highest BCUT2D eigenvalue weighted by molar-refractivity contribution is 7.12. The highest BCUT2D eigenvalue weighted by Crippen LogP contribution is 2.18. The quantitative estimate of drug-likeness (QED) is 0.665. The van der Waals surface area contributed by atoms with Crippen LogP contribution in [0, 0.1) is 6.92 Å². The fraction of sp³-hybridized carbons (Fsp3) is 0.316. The van der Waals surface area contributed by atoms with Gasteiger partial charge in [-0.15, -0.1) is 11.3 Å². The first-order valence-corrected chi connectivity index (χ1v) is 9.16. The van der Waals surface area contributed by atoms with Gasteiger partial charge in [0.2, 0.25) is 11.7 Å². The molecule has 0 saturated carbocycles. The SMILES string of the molecule is Cc1ccc(-c2noc(CCN(C(=O)c3cccs3)C(C)C)n2)cc1. The van der Waals surface area contributed by atoms with Crippen molar-refractivity contribution in [2.24, 2.45) is 0 Å². The van der Waals surface area contributed by atoms with Crippen molar-refractivity contribution in [3.63, 3.8) is 0 Å². The third kappa shape index (κ3) is 4.14. The van der Waals surface area contributed by atoms with Crippen LogP contribution < -0.4 is 0 Å². The minimum Gasteiger partial charge on any atom is -0.339 e. The Bertz CT molecular complexity index is 823. The molecule has 2 aromatic heterocycles. The Morgan fingerprint density at radius 1 is 1.24 bits per heavy atom. The molecule has 25 heavy (non-hydrogen) atoms. The standard InChI is InChI=1S/C19H21N3O2S/c1-13(2)22(19(23)16-5-4-12-25-16)11-10-17-20-18(21-24-17)15-8-6-14(3)7-9-15/h4-9,12-13H,10-11H2,1-3H3. The zero-order chi connectivity index (χ0) is 17.8. The number of hydrogen-bond donors (Lipinski definition) is 0. The van der Waals surface area contributed by atoms with Crippen molar-refractivity contribution in [2.75, 3.05) is 6.54 Å². The minimum absolute atomic E-state index is 0.0447. The third-order valence-corrected chi connectivity index (χ3v) is 4.82. The molecule has 2 heterocycles. The van der Waals surface area contributed by atoms with Crippen molar-refractivity contribution >= 4 is 17.2 Å². The van der Waals surface area contributed by atoms with Crippen molar-refractivity contribution < 1.29 is 9.32 Å². The highest BCUT2D eigenvalue weighted by Gasteiger charge is 2.20. The maximum absolute atomic E-state index is 12.6. The smallest absolute Gasteiger partial charge is 0.264 e. The summed E-state index contributed by atoms with van der Waals surface area (Å²) in [6.45, 7) is 6.61. The largest absolute Gasteiger partial charge is 0.339 e. The van der Waals surface area contributed by atoms with Gasteiger partial charge in [-0.05, 0) is 32.2 Å². The average molecular weight is 355 g/mol. The normalized spacial score (nSPS) is 11.0. The number of carbonyl (C=O) groups is 1. The molecule has 130 valence electrons. The molecule has 0 unspecified atom stereocenters. The Kier molecular flexibility index (Phi) is 5.28. The average Bonchev–Trinajstić information content (AvgIpc) is 3.27. The topological polar surface area (TPSA) is 59.2 Å². The van der Waals surface area contributed by atoms with Gasteiger partial charge in [0, 0.05) is 24.6 Å². The van der Waals surface area contributed by atoms with Crippen molar-refractivity contribution in [3.05, 3.63) is 58.1 Å². The van der Waals surface area contributed by atoms with E-state index in [1.54, 1.807) is 0 Å². The molecule has 6 heteroatoms. The lowest BCUT2D eigenvalue weighted by molar-refractivity contribution is 0.0709. The molecule has 0 aliphatic heterocycles. The summed E-state index contributed by atoms with van der Waals surface area (Å²) in [5, 5.41) is 5.96. The summed E-state index contributed by atoms with van der Waals surface area (Å²) in [4.78, 5) is 19.6. The van der Waals surface area contributed by atoms with E-state index in [1.165, 1.54) is 16.9 Å². The Morgan fingerprint density at radius 3 is 2.64 bits per heavy atom. The molecule has 0 N–H and O–H groups in total. The molecule has 0 atom stereocenters. The van der Waals surface area contributed by atoms with E-state index in [0.29, 0.717) is 24.7 Å². The molecular formula is C19H21N3O2S. The number of nitrogens with zero attached hydrogens (tertiary/aromatic N) is 3. The molecule has 0 aliphatic rings. The molecular weight excluding hydrogens is 334 g/mol. The number of aryl methyl sites for hydroxylation is 1. The molecule has 0 fully saturated rings. The number of rotatable bonds is 6. The number of amides is 1. The van der Waals surface area contributed by atoms with Gasteiger partial charge in [-0.3, -0.25) is 4.79 Å². The van der Waals surface area contributed by atoms with E-state index in [9.17, 15) is 4.79 Å². The second-order valence-corrected chi connectivity index (χ2v) is 7.15. The van der Waals surface area contributed by atoms with E-state index in [2.05, 4.69) is 10.1 Å². The van der Waals surface area contributed by atoms with Gasteiger partial charge in [0.05, 0.1) is 4.88 Å². The molecule has 0 aliphatic carbocycles. The summed E-state index contributed by atoms with van der Waals surface area (Å²) in [6, 6.07) is 11.8. The van der Waals surface area contributed by atoms with Crippen molar-refractivity contribution in [2.45, 2.75) is 33.2 Å². The third-order valence-electron chi connectivity index (χ3n) is 3.96. The number of carbonyl (C=O) groups excluding carboxylic acids is 1. The second-order valence-electron chi connectivity index (χ2n) is 6.20.